The smallest absolute Gasteiger partial charge is 0.321 e. The molecule has 1 unspecified atom stereocenters. The van der Waals surface area contributed by atoms with Crippen molar-refractivity contribution in [2.45, 2.75) is 84.4 Å². The van der Waals surface area contributed by atoms with Crippen LogP contribution in [0.1, 0.15) is 75.8 Å². The zero-order valence-corrected chi connectivity index (χ0v) is 44.0. The predicted molar refractivity (Wildman–Crippen MR) is 283 cm³/mol. The number of likely N-dealkylation sites (tertiary alicyclic amines) is 1. The van der Waals surface area contributed by atoms with Crippen LogP contribution in [0.2, 0.25) is 0 Å². The normalized spacial score (nSPS) is 14.1. The van der Waals surface area contributed by atoms with Crippen molar-refractivity contribution in [2.24, 2.45) is 17.2 Å². The summed E-state index contributed by atoms with van der Waals surface area (Å²) in [6.45, 7) is 8.71. The molecule has 7 aromatic rings. The van der Waals surface area contributed by atoms with Gasteiger partial charge >= 0.3 is 5.97 Å². The average Bonchev–Trinajstić information content (AvgIpc) is 4.27. The van der Waals surface area contributed by atoms with Gasteiger partial charge in [-0.1, -0.05) is 12.2 Å². The largest absolute Gasteiger partial charge is 0.495 e. The van der Waals surface area contributed by atoms with Gasteiger partial charge in [0, 0.05) is 93.0 Å². The number of carbonyl (C=O) groups excluding carboxylic acids is 6. The van der Waals surface area contributed by atoms with E-state index in [2.05, 4.69) is 25.5 Å². The molecule has 0 radical (unpaired) electrons. The van der Waals surface area contributed by atoms with Gasteiger partial charge in [0.15, 0.2) is 11.6 Å². The number of hydrogen-bond donors (Lipinski definition) is 5. The zero-order valence-electron chi connectivity index (χ0n) is 43.2. The molecule has 1 fully saturated rings. The summed E-state index contributed by atoms with van der Waals surface area (Å²) in [6.07, 6.45) is 5.44. The molecule has 6 amide bonds. The molecule has 8 rings (SSSR count). The fraction of sp³-hybridized carbons (Fsp3) is 0.380. The number of amides is 6. The lowest BCUT2D eigenvalue weighted by molar-refractivity contribution is -0.140. The first-order valence-electron chi connectivity index (χ1n) is 24.6. The van der Waals surface area contributed by atoms with Gasteiger partial charge in [-0.15, -0.1) is 11.8 Å². The van der Waals surface area contributed by atoms with E-state index < -0.39 is 46.8 Å². The van der Waals surface area contributed by atoms with Crippen molar-refractivity contribution in [3.05, 3.63) is 77.0 Å². The van der Waals surface area contributed by atoms with Crippen LogP contribution in [0.15, 0.2) is 48.7 Å². The van der Waals surface area contributed by atoms with Crippen LogP contribution in [-0.4, -0.2) is 156 Å². The van der Waals surface area contributed by atoms with Crippen LogP contribution >= 0.6 is 11.8 Å². The summed E-state index contributed by atoms with van der Waals surface area (Å²) in [5.41, 5.74) is 20.2. The van der Waals surface area contributed by atoms with Crippen molar-refractivity contribution < 1.29 is 48.1 Å². The molecular weight excluding hydrogens is 1020 g/mol. The van der Waals surface area contributed by atoms with Crippen molar-refractivity contribution >= 4 is 92.1 Å². The van der Waals surface area contributed by atoms with E-state index >= 15 is 0 Å². The van der Waals surface area contributed by atoms with Crippen LogP contribution in [0, 0.1) is 13.8 Å². The number of fused-ring (bicyclic) bond motifs is 4. The van der Waals surface area contributed by atoms with E-state index in [9.17, 15) is 33.6 Å². The first-order chi connectivity index (χ1) is 36.8. The number of allylic oxidation sites excluding steroid dienone is 2. The second kappa shape index (κ2) is 23.0. The van der Waals surface area contributed by atoms with Crippen molar-refractivity contribution in [3.63, 3.8) is 0 Å². The molecule has 27 heteroatoms. The van der Waals surface area contributed by atoms with Gasteiger partial charge in [-0.2, -0.15) is 10.2 Å². The van der Waals surface area contributed by atoms with Gasteiger partial charge in [-0.05, 0) is 64.4 Å². The van der Waals surface area contributed by atoms with Crippen LogP contribution < -0.4 is 32.0 Å². The number of ether oxygens (including phenoxy) is 2. The minimum atomic E-state index is -1.22. The Bertz CT molecular complexity index is 3520. The third kappa shape index (κ3) is 11.4. The second-order valence-corrected chi connectivity index (χ2v) is 19.3. The first-order valence-corrected chi connectivity index (χ1v) is 25.6. The number of carbonyl (C=O) groups is 7. The molecule has 5 aromatic heterocycles. The van der Waals surface area contributed by atoms with Crippen LogP contribution in [0.25, 0.3) is 44.6 Å². The summed E-state index contributed by atoms with van der Waals surface area (Å²) >= 11 is 0.998. The molecule has 0 spiro atoms. The van der Waals surface area contributed by atoms with E-state index in [4.69, 9.17) is 41.7 Å². The number of carboxylic acid groups (broad SMARTS) is 1. The topological polar surface area (TPSA) is 352 Å². The molecule has 0 saturated carbocycles. The average molecular weight is 1080 g/mol. The van der Waals surface area contributed by atoms with Crippen molar-refractivity contribution in [1.29, 1.82) is 0 Å². The minimum absolute atomic E-state index is 0.0398. The third-order valence-corrected chi connectivity index (χ3v) is 14.1. The molecule has 1 saturated heterocycles. The van der Waals surface area contributed by atoms with Crippen LogP contribution in [0.5, 0.6) is 11.5 Å². The van der Waals surface area contributed by atoms with Gasteiger partial charge in [-0.25, -0.2) is 24.6 Å². The first kappa shape index (κ1) is 54.5. The summed E-state index contributed by atoms with van der Waals surface area (Å²) in [7, 11) is 3.07. The number of nitrogens with zero attached hydrogens (tertiary/aromatic N) is 12. The minimum Gasteiger partial charge on any atom is -0.495 e. The summed E-state index contributed by atoms with van der Waals surface area (Å²) in [5, 5.41) is 21.4. The molecule has 1 aliphatic heterocycles. The zero-order chi connectivity index (χ0) is 55.4. The maximum Gasteiger partial charge on any atom is 0.321 e. The number of carboxylic acids is 1. The molecule has 77 heavy (non-hydrogen) atoms. The van der Waals surface area contributed by atoms with E-state index in [1.165, 1.54) is 24.1 Å². The van der Waals surface area contributed by atoms with Crippen LogP contribution in [-0.2, 0) is 45.4 Å². The highest BCUT2D eigenvalue weighted by Gasteiger charge is 2.39. The van der Waals surface area contributed by atoms with E-state index in [1.54, 1.807) is 59.2 Å². The lowest BCUT2D eigenvalue weighted by Crippen LogP contribution is -2.37. The quantitative estimate of drug-likeness (QED) is 0.0330. The number of primary amides is 2. The van der Waals surface area contributed by atoms with Gasteiger partial charge in [0.1, 0.15) is 40.2 Å². The second-order valence-electron chi connectivity index (χ2n) is 18.1. The van der Waals surface area contributed by atoms with Gasteiger partial charge in [0.2, 0.25) is 35.5 Å². The van der Waals surface area contributed by atoms with E-state index in [1.807, 2.05) is 30.6 Å². The number of imidazole rings is 1. The van der Waals surface area contributed by atoms with Gasteiger partial charge in [0.05, 0.1) is 35.7 Å². The summed E-state index contributed by atoms with van der Waals surface area (Å²) in [4.78, 5) is 111. The molecule has 0 bridgehead atoms. The molecule has 26 nitrogen and oxygen atoms in total. The highest BCUT2D eigenvalue weighted by atomic mass is 32.2. The van der Waals surface area contributed by atoms with Gasteiger partial charge < -0.3 is 45.8 Å². The summed E-state index contributed by atoms with van der Waals surface area (Å²) in [5.74, 6) is -2.40. The Labute approximate surface area is 443 Å². The Hall–Kier alpha value is -8.72. The molecule has 6 heterocycles. The van der Waals surface area contributed by atoms with E-state index in [-0.39, 0.29) is 85.6 Å². The number of thioether (sulfide) groups is 1. The molecule has 404 valence electrons. The monoisotopic (exact) mass is 1070 g/mol. The maximum atomic E-state index is 14.0. The molecule has 2 atom stereocenters. The number of hydrogen-bond acceptors (Lipinski definition) is 17. The number of methoxy groups -OCH3 is 1. The standard InChI is InChI=1S/C50H58N16O10S/c1-7-65-34(18-26(3)59-65)47(71)58-50-56-33-20-29(43(53)70)22-36(76-17-11-13-61(5)38(67)12-16-62-39(68)23-37(48(62)72)77-25-32(51)49(73)74)41(33)64(50)15-10-9-14-63-40-30(19-28(42(52)69)21-35(40)75-6)31-24-54-44(57-45(31)63)46-55-27(4)60-66(46)8-2/h9-10,18-22,24,32,37H,7-8,11-17,23,25,51H2,1-6H3,(H2,52,69)(H2,53,70)(H,73,74)(H,56,58,71)/b10-9+/t32-,37?/m0/s1. The molecule has 8 N–H and O–H groups in total. The Balaban J connectivity index is 1.07. The van der Waals surface area contributed by atoms with Gasteiger partial charge in [0.25, 0.3) is 5.91 Å². The fourth-order valence-electron chi connectivity index (χ4n) is 8.96. The molecule has 0 aliphatic carbocycles. The van der Waals surface area contributed by atoms with Crippen molar-refractivity contribution in [2.75, 3.05) is 44.9 Å². The van der Waals surface area contributed by atoms with Crippen molar-refractivity contribution in [3.8, 4) is 23.1 Å². The van der Waals surface area contributed by atoms with E-state index in [0.717, 1.165) is 16.7 Å². The number of benzene rings is 2. The van der Waals surface area contributed by atoms with Crippen LogP contribution in [0.3, 0.4) is 0 Å². The predicted octanol–water partition coefficient (Wildman–Crippen LogP) is 2.65. The highest BCUT2D eigenvalue weighted by Crippen LogP contribution is 2.37. The summed E-state index contributed by atoms with van der Waals surface area (Å²) < 4.78 is 19.1. The fourth-order valence-corrected chi connectivity index (χ4v) is 10.1. The SMILES string of the molecule is CCn1nc(C)cc1C(=O)Nc1nc2cc(C(N)=O)cc(OCCCN(C)C(=O)CCN3C(=O)CC(SC[C@H](N)C(=O)O)C3=O)c2n1C/C=C/Cn1c2nc(-c3nc(C)nn3CC)ncc2c2cc(C(N)=O)cc(OC)c21. The number of anilines is 1. The number of nitrogens with one attached hydrogen (secondary N) is 1. The molecular formula is C50H58N16O10S. The number of aliphatic carboxylic acids is 1. The summed E-state index contributed by atoms with van der Waals surface area (Å²) in [6, 6.07) is 6.69. The number of nitrogens with two attached hydrogens (primary N) is 3. The number of aryl methyl sites for hydroxylation is 4. The highest BCUT2D eigenvalue weighted by molar-refractivity contribution is 8.00. The maximum absolute atomic E-state index is 14.0. The molecule has 2 aromatic carbocycles. The van der Waals surface area contributed by atoms with Crippen LogP contribution in [0.4, 0.5) is 5.95 Å². The Morgan fingerprint density at radius 1 is 0.909 bits per heavy atom. The lowest BCUT2D eigenvalue weighted by Gasteiger charge is -2.20. The molecule has 1 aliphatic rings. The Morgan fingerprint density at radius 3 is 2.30 bits per heavy atom. The number of imide groups is 1. The van der Waals surface area contributed by atoms with E-state index in [0.29, 0.717) is 81.6 Å². The number of rotatable bonds is 24. The number of aromatic nitrogens is 10. The van der Waals surface area contributed by atoms with Gasteiger partial charge in [-0.3, -0.25) is 48.5 Å². The lowest BCUT2D eigenvalue weighted by atomic mass is 10.1. The van der Waals surface area contributed by atoms with Crippen molar-refractivity contribution in [1.82, 2.24) is 58.4 Å². The Morgan fingerprint density at radius 2 is 1.61 bits per heavy atom. The Kier molecular flexibility index (Phi) is 16.3. The third-order valence-electron chi connectivity index (χ3n) is 12.8.